The highest BCUT2D eigenvalue weighted by molar-refractivity contribution is 7.13. The first-order valence-corrected chi connectivity index (χ1v) is 6.08. The number of nitriles is 1. The number of nitrogens with zero attached hydrogens (tertiary/aromatic N) is 3. The van der Waals surface area contributed by atoms with Crippen LogP contribution in [0.3, 0.4) is 0 Å². The zero-order valence-corrected chi connectivity index (χ0v) is 9.78. The van der Waals surface area contributed by atoms with Gasteiger partial charge < -0.3 is 4.74 Å². The van der Waals surface area contributed by atoms with Gasteiger partial charge in [0.2, 0.25) is 0 Å². The fraction of sp³-hybridized carbons (Fsp3) is 0.250. The largest absolute Gasteiger partial charge is 0.377 e. The van der Waals surface area contributed by atoms with Crippen molar-refractivity contribution in [1.29, 1.82) is 5.26 Å². The molecule has 1 fully saturated rings. The molecule has 5 heteroatoms. The standard InChI is InChI=1S/C12H9N3OS/c13-6-12(7-16-8-12)11-14-4-3-9(15-11)10-2-1-5-17-10/h1-5H,7-8H2. The summed E-state index contributed by atoms with van der Waals surface area (Å²) >= 11 is 1.62. The molecule has 1 saturated heterocycles. The molecule has 0 atom stereocenters. The molecule has 0 bridgehead atoms. The van der Waals surface area contributed by atoms with Crippen LogP contribution in [0.1, 0.15) is 5.82 Å². The maximum absolute atomic E-state index is 9.20. The lowest BCUT2D eigenvalue weighted by Gasteiger charge is -2.33. The van der Waals surface area contributed by atoms with E-state index in [1.54, 1.807) is 17.5 Å². The summed E-state index contributed by atoms with van der Waals surface area (Å²) in [5.41, 5.74) is 0.222. The molecule has 0 aliphatic carbocycles. The first-order valence-electron chi connectivity index (χ1n) is 5.20. The monoisotopic (exact) mass is 243 g/mol. The van der Waals surface area contributed by atoms with Crippen molar-refractivity contribution in [3.05, 3.63) is 35.6 Å². The molecule has 1 aliphatic rings. The molecule has 3 rings (SSSR count). The van der Waals surface area contributed by atoms with Crippen LogP contribution in [0.2, 0.25) is 0 Å². The Morgan fingerprint density at radius 1 is 1.41 bits per heavy atom. The van der Waals surface area contributed by atoms with Gasteiger partial charge in [-0.3, -0.25) is 0 Å². The summed E-state index contributed by atoms with van der Waals surface area (Å²) in [6, 6.07) is 8.11. The van der Waals surface area contributed by atoms with Gasteiger partial charge in [-0.15, -0.1) is 11.3 Å². The van der Waals surface area contributed by atoms with Crippen LogP contribution in [0.4, 0.5) is 0 Å². The number of rotatable bonds is 2. The third-order valence-corrected chi connectivity index (χ3v) is 3.66. The van der Waals surface area contributed by atoms with Crippen LogP contribution in [0.15, 0.2) is 29.8 Å². The summed E-state index contributed by atoms with van der Waals surface area (Å²) in [4.78, 5) is 9.77. The van der Waals surface area contributed by atoms with Crippen molar-refractivity contribution in [3.8, 4) is 16.6 Å². The highest BCUT2D eigenvalue weighted by Crippen LogP contribution is 2.30. The molecule has 2 aromatic heterocycles. The molecular formula is C12H9N3OS. The lowest BCUT2D eigenvalue weighted by Crippen LogP contribution is -2.46. The van der Waals surface area contributed by atoms with E-state index in [0.29, 0.717) is 19.0 Å². The van der Waals surface area contributed by atoms with Crippen LogP contribution in [-0.4, -0.2) is 23.2 Å². The second-order valence-electron chi connectivity index (χ2n) is 3.93. The second-order valence-corrected chi connectivity index (χ2v) is 4.88. The average molecular weight is 243 g/mol. The lowest BCUT2D eigenvalue weighted by molar-refractivity contribution is -0.0338. The molecule has 0 unspecified atom stereocenters. The van der Waals surface area contributed by atoms with Crippen molar-refractivity contribution in [2.45, 2.75) is 5.41 Å². The Labute approximate surface area is 103 Å². The van der Waals surface area contributed by atoms with Crippen molar-refractivity contribution in [1.82, 2.24) is 9.97 Å². The Hall–Kier alpha value is -1.77. The van der Waals surface area contributed by atoms with Gasteiger partial charge in [0, 0.05) is 6.20 Å². The first kappa shape index (κ1) is 10.4. The molecule has 3 heterocycles. The summed E-state index contributed by atoms with van der Waals surface area (Å²) in [6.45, 7) is 0.773. The van der Waals surface area contributed by atoms with E-state index in [0.717, 1.165) is 10.6 Å². The molecule has 4 nitrogen and oxygen atoms in total. The van der Waals surface area contributed by atoms with E-state index in [-0.39, 0.29) is 0 Å². The molecule has 0 aromatic carbocycles. The number of ether oxygens (including phenoxy) is 1. The topological polar surface area (TPSA) is 58.8 Å². The lowest BCUT2D eigenvalue weighted by atomic mass is 9.87. The zero-order valence-electron chi connectivity index (χ0n) is 8.96. The van der Waals surface area contributed by atoms with Crippen molar-refractivity contribution in [2.75, 3.05) is 13.2 Å². The molecule has 0 amide bonds. The van der Waals surface area contributed by atoms with Gasteiger partial charge in [0.15, 0.2) is 11.2 Å². The van der Waals surface area contributed by atoms with E-state index in [2.05, 4.69) is 16.0 Å². The van der Waals surface area contributed by atoms with E-state index in [9.17, 15) is 5.26 Å². The Morgan fingerprint density at radius 2 is 2.29 bits per heavy atom. The maximum Gasteiger partial charge on any atom is 0.163 e. The molecule has 2 aromatic rings. The quantitative estimate of drug-likeness (QED) is 0.809. The normalized spacial score (nSPS) is 17.1. The average Bonchev–Trinajstić information content (AvgIpc) is 2.82. The fourth-order valence-electron chi connectivity index (χ4n) is 1.70. The predicted octanol–water partition coefficient (Wildman–Crippen LogP) is 2.00. The van der Waals surface area contributed by atoms with Gasteiger partial charge in [0.25, 0.3) is 0 Å². The third kappa shape index (κ3) is 1.62. The number of hydrogen-bond donors (Lipinski definition) is 0. The SMILES string of the molecule is N#CC1(c2nccc(-c3cccs3)n2)COC1. The summed E-state index contributed by atoms with van der Waals surface area (Å²) in [5, 5.41) is 11.2. The molecule has 0 radical (unpaired) electrons. The minimum absolute atomic E-state index is 0.386. The predicted molar refractivity (Wildman–Crippen MR) is 63.5 cm³/mol. The van der Waals surface area contributed by atoms with Crippen molar-refractivity contribution in [2.24, 2.45) is 0 Å². The molecule has 0 N–H and O–H groups in total. The smallest absolute Gasteiger partial charge is 0.163 e. The summed E-state index contributed by atoms with van der Waals surface area (Å²) in [6.07, 6.45) is 1.70. The fourth-order valence-corrected chi connectivity index (χ4v) is 2.40. The highest BCUT2D eigenvalue weighted by Gasteiger charge is 2.43. The van der Waals surface area contributed by atoms with Gasteiger partial charge in [0.05, 0.1) is 29.9 Å². The Bertz CT molecular complexity index is 570. The number of thiophene rings is 1. The van der Waals surface area contributed by atoms with Crippen LogP contribution in [0, 0.1) is 11.3 Å². The van der Waals surface area contributed by atoms with E-state index in [1.165, 1.54) is 0 Å². The Morgan fingerprint density at radius 3 is 2.88 bits per heavy atom. The molecule has 0 saturated carbocycles. The molecular weight excluding hydrogens is 234 g/mol. The number of hydrogen-bond acceptors (Lipinski definition) is 5. The molecule has 0 spiro atoms. The van der Waals surface area contributed by atoms with Crippen molar-refractivity contribution < 1.29 is 4.74 Å². The summed E-state index contributed by atoms with van der Waals surface area (Å²) in [5.74, 6) is 0.567. The van der Waals surface area contributed by atoms with E-state index in [1.807, 2.05) is 23.6 Å². The van der Waals surface area contributed by atoms with Gasteiger partial charge in [-0.25, -0.2) is 9.97 Å². The first-order chi connectivity index (χ1) is 8.34. The Balaban J connectivity index is 2.03. The van der Waals surface area contributed by atoms with E-state index < -0.39 is 5.41 Å². The van der Waals surface area contributed by atoms with E-state index >= 15 is 0 Å². The van der Waals surface area contributed by atoms with Crippen LogP contribution in [-0.2, 0) is 10.2 Å². The van der Waals surface area contributed by atoms with Gasteiger partial charge in [-0.1, -0.05) is 6.07 Å². The van der Waals surface area contributed by atoms with Crippen LogP contribution >= 0.6 is 11.3 Å². The Kier molecular flexibility index (Phi) is 2.39. The summed E-state index contributed by atoms with van der Waals surface area (Å²) < 4.78 is 5.11. The third-order valence-electron chi connectivity index (χ3n) is 2.77. The number of aromatic nitrogens is 2. The van der Waals surface area contributed by atoms with Crippen LogP contribution in [0.25, 0.3) is 10.6 Å². The van der Waals surface area contributed by atoms with Gasteiger partial charge in [-0.2, -0.15) is 5.26 Å². The minimum atomic E-state index is -0.646. The zero-order chi connectivity index (χ0) is 11.7. The summed E-state index contributed by atoms with van der Waals surface area (Å²) in [7, 11) is 0. The van der Waals surface area contributed by atoms with Gasteiger partial charge >= 0.3 is 0 Å². The minimum Gasteiger partial charge on any atom is -0.377 e. The van der Waals surface area contributed by atoms with Gasteiger partial charge in [0.1, 0.15) is 0 Å². The maximum atomic E-state index is 9.20. The van der Waals surface area contributed by atoms with Gasteiger partial charge in [-0.05, 0) is 17.5 Å². The van der Waals surface area contributed by atoms with Crippen molar-refractivity contribution in [3.63, 3.8) is 0 Å². The van der Waals surface area contributed by atoms with Crippen molar-refractivity contribution >= 4 is 11.3 Å². The highest BCUT2D eigenvalue weighted by atomic mass is 32.1. The van der Waals surface area contributed by atoms with E-state index in [4.69, 9.17) is 4.74 Å². The molecule has 84 valence electrons. The molecule has 17 heavy (non-hydrogen) atoms. The van der Waals surface area contributed by atoms with Crippen LogP contribution in [0.5, 0.6) is 0 Å². The molecule has 1 aliphatic heterocycles. The van der Waals surface area contributed by atoms with Crippen LogP contribution < -0.4 is 0 Å². The second kappa shape index (κ2) is 3.91.